The second-order valence-corrected chi connectivity index (χ2v) is 8.68. The molecule has 2 N–H and O–H groups in total. The van der Waals surface area contributed by atoms with Crippen molar-refractivity contribution in [1.29, 1.82) is 5.26 Å². The number of halogens is 1. The molecule has 0 spiro atoms. The van der Waals surface area contributed by atoms with E-state index < -0.39 is 5.92 Å². The van der Waals surface area contributed by atoms with Gasteiger partial charge in [0.2, 0.25) is 0 Å². The number of tetrazole rings is 1. The lowest BCUT2D eigenvalue weighted by molar-refractivity contribution is -0.116. The summed E-state index contributed by atoms with van der Waals surface area (Å²) in [5.74, 6) is -0.444. The average Bonchev–Trinajstić information content (AvgIpc) is 3.33. The molecule has 6 rings (SSSR count). The first-order valence-electron chi connectivity index (χ1n) is 10.7. The lowest BCUT2D eigenvalue weighted by Gasteiger charge is -2.39. The number of ketones is 1. The number of nitrogens with two attached hydrogens (primary N) is 1. The molecule has 9 nitrogen and oxygen atoms in total. The highest BCUT2D eigenvalue weighted by atomic mass is 35.5. The average molecular weight is 469 g/mol. The van der Waals surface area contributed by atoms with Gasteiger partial charge < -0.3 is 5.73 Å². The number of pyridine rings is 2. The molecule has 1 atom stereocenters. The molecular weight excluding hydrogens is 452 g/mol. The van der Waals surface area contributed by atoms with E-state index >= 15 is 0 Å². The molecule has 1 aliphatic carbocycles. The highest BCUT2D eigenvalue weighted by Crippen LogP contribution is 2.47. The van der Waals surface area contributed by atoms with Crippen molar-refractivity contribution >= 4 is 39.6 Å². The number of rotatable bonds is 2. The Hall–Kier alpha value is -4.29. The standard InChI is InChI=1S/C24H17ClN8O/c25-14-6-7-18-13(9-14)10-16(24-29-30-31-33(18)24)21-17(11-26)23(27)32(15-3-2-8-28-12-15)19-4-1-5-20(34)22(19)21/h2-3,6-10,12,21H,1,4-5,27H2. The summed E-state index contributed by atoms with van der Waals surface area (Å²) in [7, 11) is 0. The molecule has 1 unspecified atom stereocenters. The number of hydrogen-bond donors (Lipinski definition) is 1. The van der Waals surface area contributed by atoms with E-state index in [1.54, 1.807) is 33.9 Å². The summed E-state index contributed by atoms with van der Waals surface area (Å²) in [4.78, 5) is 19.4. The molecule has 3 aromatic heterocycles. The molecule has 0 saturated carbocycles. The van der Waals surface area contributed by atoms with Crippen molar-refractivity contribution in [2.24, 2.45) is 5.73 Å². The molecule has 0 fully saturated rings. The maximum atomic E-state index is 13.4. The topological polar surface area (TPSA) is 126 Å². The number of benzene rings is 1. The fourth-order valence-corrected chi connectivity index (χ4v) is 5.17. The van der Waals surface area contributed by atoms with E-state index in [0.717, 1.165) is 16.6 Å². The lowest BCUT2D eigenvalue weighted by atomic mass is 9.75. The summed E-state index contributed by atoms with van der Waals surface area (Å²) in [6.07, 6.45) is 5.08. The number of hydrogen-bond acceptors (Lipinski definition) is 8. The van der Waals surface area contributed by atoms with Crippen molar-refractivity contribution in [3.63, 3.8) is 0 Å². The zero-order valence-electron chi connectivity index (χ0n) is 17.8. The van der Waals surface area contributed by atoms with Gasteiger partial charge in [-0.05, 0) is 59.7 Å². The SMILES string of the molecule is N#CC1=C(N)N(c2cccnc2)C2=C(C(=O)CCC2)C1c1cc2cc(Cl)ccc2n2nnnc12. The van der Waals surface area contributed by atoms with Crippen LogP contribution in [0.2, 0.25) is 5.02 Å². The van der Waals surface area contributed by atoms with Crippen molar-refractivity contribution in [3.05, 3.63) is 82.0 Å². The monoisotopic (exact) mass is 468 g/mol. The number of fused-ring (bicyclic) bond motifs is 3. The maximum absolute atomic E-state index is 13.4. The lowest BCUT2D eigenvalue weighted by Crippen LogP contribution is -2.38. The van der Waals surface area contributed by atoms with Gasteiger partial charge in [0, 0.05) is 39.9 Å². The first-order valence-corrected chi connectivity index (χ1v) is 11.1. The number of nitrogens with zero attached hydrogens (tertiary/aromatic N) is 7. The molecule has 4 heterocycles. The van der Waals surface area contributed by atoms with Gasteiger partial charge in [0.15, 0.2) is 11.4 Å². The molecule has 1 aromatic carbocycles. The molecule has 0 bridgehead atoms. The Morgan fingerprint density at radius 3 is 2.88 bits per heavy atom. The van der Waals surface area contributed by atoms with Gasteiger partial charge in [-0.2, -0.15) is 9.78 Å². The second-order valence-electron chi connectivity index (χ2n) is 8.24. The van der Waals surface area contributed by atoms with E-state index in [1.807, 2.05) is 24.3 Å². The van der Waals surface area contributed by atoms with E-state index in [-0.39, 0.29) is 17.2 Å². The van der Waals surface area contributed by atoms with Crippen LogP contribution in [-0.2, 0) is 4.79 Å². The van der Waals surface area contributed by atoms with Crippen LogP contribution in [0.5, 0.6) is 0 Å². The van der Waals surface area contributed by atoms with E-state index in [4.69, 9.17) is 17.3 Å². The Kier molecular flexibility index (Phi) is 4.57. The second kappa shape index (κ2) is 7.64. The molecule has 10 heteroatoms. The largest absolute Gasteiger partial charge is 0.384 e. The third-order valence-corrected chi connectivity index (χ3v) is 6.62. The minimum atomic E-state index is -0.697. The van der Waals surface area contributed by atoms with Gasteiger partial charge >= 0.3 is 0 Å². The molecule has 0 saturated heterocycles. The molecule has 1 aliphatic heterocycles. The summed E-state index contributed by atoms with van der Waals surface area (Å²) in [5.41, 5.74) is 10.8. The van der Waals surface area contributed by atoms with Crippen LogP contribution in [0.1, 0.15) is 30.7 Å². The van der Waals surface area contributed by atoms with E-state index in [2.05, 4.69) is 26.6 Å². The summed E-state index contributed by atoms with van der Waals surface area (Å²) in [5, 5.41) is 23.9. The molecular formula is C24H17ClN8O. The first-order chi connectivity index (χ1) is 16.6. The number of carbonyl (C=O) groups excluding carboxylic acids is 1. The number of nitriles is 1. The summed E-state index contributed by atoms with van der Waals surface area (Å²) >= 11 is 6.26. The van der Waals surface area contributed by atoms with Crippen LogP contribution in [0.15, 0.2) is 71.5 Å². The van der Waals surface area contributed by atoms with E-state index in [0.29, 0.717) is 46.8 Å². The van der Waals surface area contributed by atoms with Crippen LogP contribution < -0.4 is 10.6 Å². The molecule has 4 aromatic rings. The van der Waals surface area contributed by atoms with Crippen LogP contribution in [-0.4, -0.2) is 30.8 Å². The number of Topliss-reactive ketones (excluding diaryl/α,β-unsaturated/α-hetero) is 1. The zero-order valence-corrected chi connectivity index (χ0v) is 18.6. The van der Waals surface area contributed by atoms with Crippen LogP contribution in [0.3, 0.4) is 0 Å². The highest BCUT2D eigenvalue weighted by molar-refractivity contribution is 6.31. The normalized spacial score (nSPS) is 18.5. The Morgan fingerprint density at radius 1 is 1.21 bits per heavy atom. The number of anilines is 1. The third-order valence-electron chi connectivity index (χ3n) is 6.38. The van der Waals surface area contributed by atoms with Crippen LogP contribution in [0.25, 0.3) is 16.6 Å². The fraction of sp³-hybridized carbons (Fsp3) is 0.167. The van der Waals surface area contributed by atoms with Gasteiger partial charge in [-0.3, -0.25) is 14.7 Å². The minimum Gasteiger partial charge on any atom is -0.384 e. The van der Waals surface area contributed by atoms with Gasteiger partial charge in [0.25, 0.3) is 0 Å². The van der Waals surface area contributed by atoms with Gasteiger partial charge in [0.1, 0.15) is 5.82 Å². The van der Waals surface area contributed by atoms with E-state index in [9.17, 15) is 10.1 Å². The molecule has 2 aliphatic rings. The smallest absolute Gasteiger partial charge is 0.184 e. The molecule has 166 valence electrons. The first kappa shape index (κ1) is 20.3. The van der Waals surface area contributed by atoms with Gasteiger partial charge in [-0.25, -0.2) is 0 Å². The number of aromatic nitrogens is 5. The Balaban J connectivity index is 1.68. The van der Waals surface area contributed by atoms with Gasteiger partial charge in [0.05, 0.1) is 35.0 Å². The van der Waals surface area contributed by atoms with Crippen molar-refractivity contribution in [2.75, 3.05) is 4.90 Å². The fourth-order valence-electron chi connectivity index (χ4n) is 4.99. The molecule has 34 heavy (non-hydrogen) atoms. The molecule has 0 amide bonds. The maximum Gasteiger partial charge on any atom is 0.184 e. The van der Waals surface area contributed by atoms with Crippen molar-refractivity contribution in [1.82, 2.24) is 25.0 Å². The van der Waals surface area contributed by atoms with Crippen LogP contribution in [0.4, 0.5) is 5.69 Å². The number of allylic oxidation sites excluding steroid dienone is 3. The Morgan fingerprint density at radius 2 is 2.09 bits per heavy atom. The Labute approximate surface area is 198 Å². The number of carbonyl (C=O) groups is 1. The highest BCUT2D eigenvalue weighted by Gasteiger charge is 2.41. The van der Waals surface area contributed by atoms with Crippen LogP contribution >= 0.6 is 11.6 Å². The van der Waals surface area contributed by atoms with Crippen LogP contribution in [0, 0.1) is 11.3 Å². The van der Waals surface area contributed by atoms with Crippen molar-refractivity contribution in [3.8, 4) is 6.07 Å². The van der Waals surface area contributed by atoms with Gasteiger partial charge in [-0.15, -0.1) is 5.10 Å². The summed E-state index contributed by atoms with van der Waals surface area (Å²) in [6.45, 7) is 0. The van der Waals surface area contributed by atoms with Gasteiger partial charge in [-0.1, -0.05) is 11.6 Å². The quantitative estimate of drug-likeness (QED) is 0.472. The Bertz CT molecular complexity index is 1600. The minimum absolute atomic E-state index is 0.0165. The summed E-state index contributed by atoms with van der Waals surface area (Å²) < 4.78 is 1.60. The predicted octanol–water partition coefficient (Wildman–Crippen LogP) is 3.63. The van der Waals surface area contributed by atoms with E-state index in [1.165, 1.54) is 0 Å². The molecule has 0 radical (unpaired) electrons. The predicted molar refractivity (Wildman–Crippen MR) is 125 cm³/mol. The summed E-state index contributed by atoms with van der Waals surface area (Å²) in [6, 6.07) is 13.2. The third kappa shape index (κ3) is 2.89. The zero-order chi connectivity index (χ0) is 23.4. The van der Waals surface area contributed by atoms with Crippen molar-refractivity contribution in [2.45, 2.75) is 25.2 Å². The van der Waals surface area contributed by atoms with Crippen molar-refractivity contribution < 1.29 is 4.79 Å².